The molecule has 1 aliphatic rings. The molecule has 0 radical (unpaired) electrons. The number of carbonyl (C=O) groups is 3. The van der Waals surface area contributed by atoms with E-state index in [4.69, 9.17) is 21.1 Å². The van der Waals surface area contributed by atoms with Crippen molar-refractivity contribution in [3.8, 4) is 5.75 Å². The minimum atomic E-state index is -1.02. The Kier molecular flexibility index (Phi) is 6.71. The summed E-state index contributed by atoms with van der Waals surface area (Å²) in [6, 6.07) is 4.81. The maximum atomic E-state index is 12.3. The average Bonchev–Trinajstić information content (AvgIpc) is 3.30. The van der Waals surface area contributed by atoms with Crippen molar-refractivity contribution in [2.45, 2.75) is 32.3 Å². The highest BCUT2D eigenvalue weighted by atomic mass is 35.5. The van der Waals surface area contributed by atoms with Crippen molar-refractivity contribution in [1.82, 2.24) is 4.98 Å². The summed E-state index contributed by atoms with van der Waals surface area (Å²) < 4.78 is 10.4. The Labute approximate surface area is 176 Å². The second-order valence-electron chi connectivity index (χ2n) is 6.41. The first kappa shape index (κ1) is 21.1. The number of benzene rings is 1. The Balaban J connectivity index is 1.55. The molecule has 0 aliphatic carbocycles. The van der Waals surface area contributed by atoms with Crippen LogP contribution in [0.25, 0.3) is 0 Å². The molecule has 8 nitrogen and oxygen atoms in total. The predicted octanol–water partition coefficient (Wildman–Crippen LogP) is 3.04. The fraction of sp³-hybridized carbons (Fsp3) is 0.368. The summed E-state index contributed by atoms with van der Waals surface area (Å²) in [7, 11) is 1.47. The van der Waals surface area contributed by atoms with Gasteiger partial charge in [0.25, 0.3) is 5.91 Å². The molecule has 2 heterocycles. The van der Waals surface area contributed by atoms with Crippen LogP contribution in [0.4, 0.5) is 10.8 Å². The van der Waals surface area contributed by atoms with E-state index in [0.717, 1.165) is 6.42 Å². The van der Waals surface area contributed by atoms with Crippen molar-refractivity contribution in [1.29, 1.82) is 0 Å². The van der Waals surface area contributed by atoms with Gasteiger partial charge in [-0.05, 0) is 31.5 Å². The quantitative estimate of drug-likeness (QED) is 0.668. The van der Waals surface area contributed by atoms with Crippen LogP contribution in [-0.4, -0.2) is 42.5 Å². The lowest BCUT2D eigenvalue weighted by atomic mass is 10.2. The second kappa shape index (κ2) is 9.23. The van der Waals surface area contributed by atoms with Crippen molar-refractivity contribution in [2.75, 3.05) is 23.9 Å². The first-order valence-corrected chi connectivity index (χ1v) is 10.2. The number of anilines is 2. The van der Waals surface area contributed by atoms with E-state index in [0.29, 0.717) is 40.3 Å². The highest BCUT2D eigenvalue weighted by Crippen LogP contribution is 2.28. The molecule has 1 unspecified atom stereocenters. The number of aromatic nitrogens is 1. The molecule has 10 heteroatoms. The number of esters is 1. The zero-order valence-corrected chi connectivity index (χ0v) is 17.5. The summed E-state index contributed by atoms with van der Waals surface area (Å²) in [5, 5.41) is 5.36. The number of nitrogens with one attached hydrogen (secondary N) is 1. The Morgan fingerprint density at radius 3 is 2.90 bits per heavy atom. The molecule has 1 aromatic carbocycles. The lowest BCUT2D eigenvalue weighted by Gasteiger charge is -2.15. The number of carbonyl (C=O) groups excluding carboxylic acids is 3. The standard InChI is InChI=1S/C19H20ClN3O5S/c1-11(18(26)22-14-8-12(20)5-6-15(14)27-2)28-17(25)9-13-10-29-19(21-13)23-7-3-4-16(23)24/h5-6,8,10-11H,3-4,7,9H2,1-2H3,(H,22,26). The molecule has 29 heavy (non-hydrogen) atoms. The van der Waals surface area contributed by atoms with Gasteiger partial charge in [-0.1, -0.05) is 11.6 Å². The van der Waals surface area contributed by atoms with Gasteiger partial charge in [-0.2, -0.15) is 0 Å². The van der Waals surface area contributed by atoms with Gasteiger partial charge in [0.15, 0.2) is 11.2 Å². The zero-order chi connectivity index (χ0) is 21.0. The minimum absolute atomic E-state index is 0.0372. The molecule has 2 aromatic rings. The van der Waals surface area contributed by atoms with Crippen LogP contribution in [0.5, 0.6) is 5.75 Å². The smallest absolute Gasteiger partial charge is 0.312 e. The molecule has 1 atom stereocenters. The van der Waals surface area contributed by atoms with Crippen molar-refractivity contribution in [3.05, 3.63) is 34.3 Å². The first-order valence-electron chi connectivity index (χ1n) is 8.96. The van der Waals surface area contributed by atoms with Crippen LogP contribution in [0.2, 0.25) is 5.02 Å². The van der Waals surface area contributed by atoms with Crippen LogP contribution >= 0.6 is 22.9 Å². The van der Waals surface area contributed by atoms with Gasteiger partial charge in [0, 0.05) is 23.4 Å². The number of ether oxygens (including phenoxy) is 2. The van der Waals surface area contributed by atoms with Crippen LogP contribution < -0.4 is 15.0 Å². The van der Waals surface area contributed by atoms with E-state index < -0.39 is 18.0 Å². The van der Waals surface area contributed by atoms with Crippen molar-refractivity contribution in [3.63, 3.8) is 0 Å². The number of rotatable bonds is 7. The molecule has 1 aliphatic heterocycles. The predicted molar refractivity (Wildman–Crippen MR) is 110 cm³/mol. The zero-order valence-electron chi connectivity index (χ0n) is 15.9. The number of nitrogens with zero attached hydrogens (tertiary/aromatic N) is 2. The largest absolute Gasteiger partial charge is 0.495 e. The molecule has 0 bridgehead atoms. The van der Waals surface area contributed by atoms with Crippen LogP contribution in [0.1, 0.15) is 25.5 Å². The van der Waals surface area contributed by atoms with Crippen LogP contribution in [-0.2, 0) is 25.5 Å². The van der Waals surface area contributed by atoms with E-state index in [1.807, 2.05) is 0 Å². The molecule has 1 fully saturated rings. The summed E-state index contributed by atoms with van der Waals surface area (Å²) in [6.07, 6.45) is 0.210. The molecule has 1 aromatic heterocycles. The Hall–Kier alpha value is -2.65. The number of hydrogen-bond acceptors (Lipinski definition) is 7. The summed E-state index contributed by atoms with van der Waals surface area (Å²) in [5.74, 6) is -0.626. The fourth-order valence-electron chi connectivity index (χ4n) is 2.80. The van der Waals surface area contributed by atoms with Gasteiger partial charge in [-0.15, -0.1) is 11.3 Å². The maximum absolute atomic E-state index is 12.3. The Morgan fingerprint density at radius 2 is 2.21 bits per heavy atom. The summed E-state index contributed by atoms with van der Waals surface area (Å²) in [6.45, 7) is 2.11. The van der Waals surface area contributed by atoms with Crippen molar-refractivity contribution in [2.24, 2.45) is 0 Å². The van der Waals surface area contributed by atoms with E-state index >= 15 is 0 Å². The van der Waals surface area contributed by atoms with Gasteiger partial charge in [-0.3, -0.25) is 19.3 Å². The third-order valence-corrected chi connectivity index (χ3v) is 5.41. The van der Waals surface area contributed by atoms with Gasteiger partial charge in [0.05, 0.1) is 24.9 Å². The van der Waals surface area contributed by atoms with Gasteiger partial charge in [0.2, 0.25) is 5.91 Å². The fourth-order valence-corrected chi connectivity index (χ4v) is 3.84. The molecular formula is C19H20ClN3O5S. The number of thiazole rings is 1. The Bertz CT molecular complexity index is 932. The van der Waals surface area contributed by atoms with Gasteiger partial charge in [-0.25, -0.2) is 4.98 Å². The molecule has 0 spiro atoms. The molecule has 154 valence electrons. The highest BCUT2D eigenvalue weighted by molar-refractivity contribution is 7.14. The van der Waals surface area contributed by atoms with Crippen molar-refractivity contribution < 1.29 is 23.9 Å². The summed E-state index contributed by atoms with van der Waals surface area (Å²) in [4.78, 5) is 42.3. The molecule has 0 saturated carbocycles. The third kappa shape index (κ3) is 5.24. The molecular weight excluding hydrogens is 418 g/mol. The second-order valence-corrected chi connectivity index (χ2v) is 7.69. The van der Waals surface area contributed by atoms with Crippen LogP contribution in [0.15, 0.2) is 23.6 Å². The number of amides is 2. The monoisotopic (exact) mass is 437 g/mol. The van der Waals surface area contributed by atoms with Crippen molar-refractivity contribution >= 4 is 51.5 Å². The lowest BCUT2D eigenvalue weighted by molar-refractivity contribution is -0.152. The summed E-state index contributed by atoms with van der Waals surface area (Å²) in [5.41, 5.74) is 0.881. The molecule has 2 amide bonds. The number of halogens is 1. The van der Waals surface area contributed by atoms with Gasteiger partial charge in [0.1, 0.15) is 5.75 Å². The lowest BCUT2D eigenvalue weighted by Crippen LogP contribution is -2.30. The van der Waals surface area contributed by atoms with Crippen LogP contribution in [0.3, 0.4) is 0 Å². The van der Waals surface area contributed by atoms with E-state index in [1.165, 1.54) is 25.4 Å². The highest BCUT2D eigenvalue weighted by Gasteiger charge is 2.25. The topological polar surface area (TPSA) is 97.8 Å². The summed E-state index contributed by atoms with van der Waals surface area (Å²) >= 11 is 7.25. The van der Waals surface area contributed by atoms with E-state index in [1.54, 1.807) is 28.5 Å². The van der Waals surface area contributed by atoms with Gasteiger partial charge >= 0.3 is 5.97 Å². The SMILES string of the molecule is COc1ccc(Cl)cc1NC(=O)C(C)OC(=O)Cc1csc(N2CCCC2=O)n1. The first-order chi connectivity index (χ1) is 13.9. The third-order valence-electron chi connectivity index (χ3n) is 4.27. The van der Waals surface area contributed by atoms with E-state index in [-0.39, 0.29) is 12.3 Å². The van der Waals surface area contributed by atoms with E-state index in [9.17, 15) is 14.4 Å². The molecule has 1 saturated heterocycles. The van der Waals surface area contributed by atoms with Crippen LogP contribution in [0, 0.1) is 0 Å². The minimum Gasteiger partial charge on any atom is -0.495 e. The van der Waals surface area contributed by atoms with E-state index in [2.05, 4.69) is 10.3 Å². The normalized spacial score (nSPS) is 14.6. The Morgan fingerprint density at radius 1 is 1.41 bits per heavy atom. The number of methoxy groups -OCH3 is 1. The molecule has 1 N–H and O–H groups in total. The average molecular weight is 438 g/mol. The maximum Gasteiger partial charge on any atom is 0.312 e. The molecule has 3 rings (SSSR count). The number of hydrogen-bond donors (Lipinski definition) is 1. The van der Waals surface area contributed by atoms with Gasteiger partial charge < -0.3 is 14.8 Å².